The van der Waals surface area contributed by atoms with Crippen molar-refractivity contribution in [3.63, 3.8) is 0 Å². The molecular formula is C5H7ClO3. The number of cyclic esters (lactones) is 1. The zero-order chi connectivity index (χ0) is 7.07. The van der Waals surface area contributed by atoms with Crippen molar-refractivity contribution in [1.82, 2.24) is 0 Å². The Morgan fingerprint density at radius 1 is 2.00 bits per heavy atom. The SMILES string of the molecule is C[C@@]1(Cl)C(=O)OC[C@H]1O. The number of carbonyl (C=O) groups is 1. The van der Waals surface area contributed by atoms with E-state index in [-0.39, 0.29) is 6.61 Å². The molecule has 1 rings (SSSR count). The number of halogens is 1. The lowest BCUT2D eigenvalue weighted by molar-refractivity contribution is -0.139. The number of aliphatic hydroxyl groups is 1. The van der Waals surface area contributed by atoms with E-state index in [2.05, 4.69) is 4.74 Å². The van der Waals surface area contributed by atoms with Crippen LogP contribution in [0.4, 0.5) is 0 Å². The number of ether oxygens (including phenoxy) is 1. The summed E-state index contributed by atoms with van der Waals surface area (Å²) in [5.74, 6) is -0.545. The molecule has 2 atom stereocenters. The van der Waals surface area contributed by atoms with Gasteiger partial charge in [0.05, 0.1) is 0 Å². The van der Waals surface area contributed by atoms with E-state index in [0.29, 0.717) is 0 Å². The van der Waals surface area contributed by atoms with Gasteiger partial charge in [-0.1, -0.05) is 0 Å². The van der Waals surface area contributed by atoms with E-state index in [4.69, 9.17) is 16.7 Å². The Labute approximate surface area is 57.6 Å². The zero-order valence-corrected chi connectivity index (χ0v) is 5.68. The number of alkyl halides is 1. The van der Waals surface area contributed by atoms with Gasteiger partial charge < -0.3 is 9.84 Å². The van der Waals surface area contributed by atoms with E-state index < -0.39 is 16.9 Å². The average Bonchev–Trinajstić information content (AvgIpc) is 1.96. The van der Waals surface area contributed by atoms with Gasteiger partial charge in [-0.2, -0.15) is 0 Å². The first-order chi connectivity index (χ1) is 4.05. The Bertz CT molecular complexity index is 143. The van der Waals surface area contributed by atoms with Crippen LogP contribution in [0.2, 0.25) is 0 Å². The van der Waals surface area contributed by atoms with Crippen molar-refractivity contribution in [3.8, 4) is 0 Å². The molecule has 1 aliphatic rings. The van der Waals surface area contributed by atoms with Gasteiger partial charge in [-0.3, -0.25) is 4.79 Å². The Hall–Kier alpha value is -0.280. The van der Waals surface area contributed by atoms with Crippen LogP contribution in [0.1, 0.15) is 6.92 Å². The van der Waals surface area contributed by atoms with E-state index in [9.17, 15) is 4.79 Å². The normalized spacial score (nSPS) is 43.0. The molecule has 0 aromatic rings. The first kappa shape index (κ1) is 6.83. The molecule has 1 saturated heterocycles. The fourth-order valence-corrected chi connectivity index (χ4v) is 0.706. The van der Waals surface area contributed by atoms with Gasteiger partial charge in [0, 0.05) is 0 Å². The molecule has 0 spiro atoms. The van der Waals surface area contributed by atoms with Crippen LogP contribution in [0, 0.1) is 0 Å². The number of aliphatic hydroxyl groups excluding tert-OH is 1. The lowest BCUT2D eigenvalue weighted by atomic mass is 10.1. The molecule has 0 amide bonds. The molecular weight excluding hydrogens is 144 g/mol. The van der Waals surface area contributed by atoms with E-state index in [1.54, 1.807) is 0 Å². The summed E-state index contributed by atoms with van der Waals surface area (Å²) in [6, 6.07) is 0. The van der Waals surface area contributed by atoms with Gasteiger partial charge in [0.15, 0.2) is 4.87 Å². The molecule has 0 aromatic carbocycles. The Kier molecular flexibility index (Phi) is 1.41. The molecule has 0 radical (unpaired) electrons. The highest BCUT2D eigenvalue weighted by Crippen LogP contribution is 2.26. The quantitative estimate of drug-likeness (QED) is 0.388. The van der Waals surface area contributed by atoms with E-state index in [0.717, 1.165) is 0 Å². The summed E-state index contributed by atoms with van der Waals surface area (Å²) in [7, 11) is 0. The van der Waals surface area contributed by atoms with Crippen molar-refractivity contribution in [2.45, 2.75) is 17.9 Å². The topological polar surface area (TPSA) is 46.5 Å². The molecule has 3 nitrogen and oxygen atoms in total. The van der Waals surface area contributed by atoms with Crippen molar-refractivity contribution < 1.29 is 14.6 Å². The maximum absolute atomic E-state index is 10.6. The summed E-state index contributed by atoms with van der Waals surface area (Å²) in [4.78, 5) is 9.37. The van der Waals surface area contributed by atoms with Crippen molar-refractivity contribution in [2.24, 2.45) is 0 Å². The lowest BCUT2D eigenvalue weighted by Gasteiger charge is -2.11. The van der Waals surface area contributed by atoms with Gasteiger partial charge in [0.2, 0.25) is 0 Å². The van der Waals surface area contributed by atoms with Crippen molar-refractivity contribution >= 4 is 17.6 Å². The third-order valence-corrected chi connectivity index (χ3v) is 1.80. The average molecular weight is 151 g/mol. The largest absolute Gasteiger partial charge is 0.461 e. The van der Waals surface area contributed by atoms with Crippen LogP contribution in [0.15, 0.2) is 0 Å². The Morgan fingerprint density at radius 2 is 2.56 bits per heavy atom. The molecule has 1 aliphatic heterocycles. The van der Waals surface area contributed by atoms with Crippen molar-refractivity contribution in [2.75, 3.05) is 6.61 Å². The Morgan fingerprint density at radius 3 is 2.67 bits per heavy atom. The molecule has 9 heavy (non-hydrogen) atoms. The van der Waals surface area contributed by atoms with E-state index >= 15 is 0 Å². The molecule has 0 unspecified atom stereocenters. The number of hydrogen-bond donors (Lipinski definition) is 1. The highest BCUT2D eigenvalue weighted by Gasteiger charge is 2.46. The summed E-state index contributed by atoms with van der Waals surface area (Å²) < 4.78 is 4.46. The van der Waals surface area contributed by atoms with Gasteiger partial charge >= 0.3 is 5.97 Å². The second kappa shape index (κ2) is 1.85. The first-order valence-electron chi connectivity index (χ1n) is 2.59. The summed E-state index contributed by atoms with van der Waals surface area (Å²) in [6.07, 6.45) is -0.869. The summed E-state index contributed by atoms with van der Waals surface area (Å²) >= 11 is 5.54. The standard InChI is InChI=1S/C5H7ClO3/c1-5(6)3(7)2-9-4(5)8/h3,7H,2H2,1H3/t3-,5+/m1/s1. The number of hydrogen-bond acceptors (Lipinski definition) is 3. The van der Waals surface area contributed by atoms with Gasteiger partial charge in [-0.05, 0) is 6.92 Å². The minimum absolute atomic E-state index is 0.0127. The molecule has 1 heterocycles. The van der Waals surface area contributed by atoms with Crippen LogP contribution in [-0.2, 0) is 9.53 Å². The molecule has 1 N–H and O–H groups in total. The smallest absolute Gasteiger partial charge is 0.329 e. The van der Waals surface area contributed by atoms with Crippen LogP contribution in [0.3, 0.4) is 0 Å². The highest BCUT2D eigenvalue weighted by atomic mass is 35.5. The third kappa shape index (κ3) is 0.904. The molecule has 0 aromatic heterocycles. The fourth-order valence-electron chi connectivity index (χ4n) is 0.588. The van der Waals surface area contributed by atoms with Crippen LogP contribution < -0.4 is 0 Å². The van der Waals surface area contributed by atoms with Crippen LogP contribution >= 0.6 is 11.6 Å². The number of esters is 1. The highest BCUT2D eigenvalue weighted by molar-refractivity contribution is 6.34. The molecule has 52 valence electrons. The lowest BCUT2D eigenvalue weighted by Crippen LogP contribution is -2.34. The van der Waals surface area contributed by atoms with Crippen LogP contribution in [0.5, 0.6) is 0 Å². The van der Waals surface area contributed by atoms with E-state index in [1.807, 2.05) is 0 Å². The summed E-state index contributed by atoms with van der Waals surface area (Å²) in [5.41, 5.74) is 0. The summed E-state index contributed by atoms with van der Waals surface area (Å²) in [5, 5.41) is 8.95. The molecule has 1 fully saturated rings. The van der Waals surface area contributed by atoms with E-state index in [1.165, 1.54) is 6.92 Å². The first-order valence-corrected chi connectivity index (χ1v) is 2.97. The van der Waals surface area contributed by atoms with Gasteiger partial charge in [0.1, 0.15) is 12.7 Å². The van der Waals surface area contributed by atoms with Crippen molar-refractivity contribution in [3.05, 3.63) is 0 Å². The number of rotatable bonds is 0. The molecule has 4 heteroatoms. The third-order valence-electron chi connectivity index (χ3n) is 1.40. The second-order valence-corrected chi connectivity index (χ2v) is 2.98. The van der Waals surface area contributed by atoms with Crippen molar-refractivity contribution in [1.29, 1.82) is 0 Å². The fraction of sp³-hybridized carbons (Fsp3) is 0.800. The monoisotopic (exact) mass is 150 g/mol. The summed E-state index contributed by atoms with van der Waals surface area (Å²) in [6.45, 7) is 1.45. The van der Waals surface area contributed by atoms with Crippen LogP contribution in [0.25, 0.3) is 0 Å². The number of carbonyl (C=O) groups excluding carboxylic acids is 1. The predicted molar refractivity (Wildman–Crippen MR) is 31.2 cm³/mol. The Balaban J connectivity index is 2.78. The molecule has 0 aliphatic carbocycles. The minimum Gasteiger partial charge on any atom is -0.461 e. The van der Waals surface area contributed by atoms with Gasteiger partial charge in [0.25, 0.3) is 0 Å². The predicted octanol–water partition coefficient (Wildman–Crippen LogP) is -0.0984. The maximum atomic E-state index is 10.6. The maximum Gasteiger partial charge on any atom is 0.329 e. The van der Waals surface area contributed by atoms with Crippen LogP contribution in [-0.4, -0.2) is 28.7 Å². The van der Waals surface area contributed by atoms with Gasteiger partial charge in [-0.25, -0.2) is 0 Å². The zero-order valence-electron chi connectivity index (χ0n) is 4.93. The molecule has 0 saturated carbocycles. The minimum atomic E-state index is -1.22. The second-order valence-electron chi connectivity index (χ2n) is 2.19. The molecule has 0 bridgehead atoms. The van der Waals surface area contributed by atoms with Gasteiger partial charge in [-0.15, -0.1) is 11.6 Å².